The molecule has 2 heterocycles. The number of carboxylic acids is 1. The third-order valence-corrected chi connectivity index (χ3v) is 6.80. The molecule has 1 aliphatic carbocycles. The van der Waals surface area contributed by atoms with E-state index in [1.165, 1.54) is 5.56 Å². The molecule has 1 N–H and O–H groups in total. The molecule has 1 aromatic heterocycles. The first-order valence-electron chi connectivity index (χ1n) is 11.3. The van der Waals surface area contributed by atoms with Crippen molar-refractivity contribution in [1.82, 2.24) is 14.9 Å². The third-order valence-electron chi connectivity index (χ3n) is 6.56. The summed E-state index contributed by atoms with van der Waals surface area (Å²) in [4.78, 5) is 22.8. The fourth-order valence-corrected chi connectivity index (χ4v) is 4.91. The van der Waals surface area contributed by atoms with Gasteiger partial charge in [-0.2, -0.15) is 0 Å². The van der Waals surface area contributed by atoms with E-state index in [-0.39, 0.29) is 6.42 Å². The van der Waals surface area contributed by atoms with Gasteiger partial charge in [-0.25, -0.2) is 9.97 Å². The SMILES string of the molecule is O=C(O)CC1CC(N2CCc3nc(-c4ccc(OCc5cccc(Cl)c5)cc4)ncc3C2)C1. The topological polar surface area (TPSA) is 75.5 Å². The monoisotopic (exact) mass is 463 g/mol. The molecule has 1 fully saturated rings. The lowest BCUT2D eigenvalue weighted by molar-refractivity contribution is -0.139. The Bertz CT molecular complexity index is 1150. The van der Waals surface area contributed by atoms with E-state index < -0.39 is 5.97 Å². The smallest absolute Gasteiger partial charge is 0.303 e. The van der Waals surface area contributed by atoms with Crippen LogP contribution < -0.4 is 4.74 Å². The zero-order chi connectivity index (χ0) is 22.8. The predicted molar refractivity (Wildman–Crippen MR) is 126 cm³/mol. The fraction of sp³-hybridized carbons (Fsp3) is 0.346. The third kappa shape index (κ3) is 5.18. The van der Waals surface area contributed by atoms with Crippen LogP contribution in [0.1, 0.15) is 36.1 Å². The van der Waals surface area contributed by atoms with Crippen LogP contribution in [0.25, 0.3) is 11.4 Å². The maximum absolute atomic E-state index is 10.9. The number of fused-ring (bicyclic) bond motifs is 1. The number of ether oxygens (including phenoxy) is 1. The standard InChI is InChI=1S/C26H26ClN3O3/c27-21-3-1-2-17(10-21)16-33-23-6-4-19(5-7-23)26-28-14-20-15-30(9-8-24(20)29-26)22-11-18(12-22)13-25(31)32/h1-7,10,14,18,22H,8-9,11-13,15-16H2,(H,31,32). The van der Waals surface area contributed by atoms with E-state index in [9.17, 15) is 4.79 Å². The molecule has 0 unspecified atom stereocenters. The van der Waals surface area contributed by atoms with Crippen molar-refractivity contribution >= 4 is 17.6 Å². The molecule has 2 aromatic carbocycles. The van der Waals surface area contributed by atoms with Crippen LogP contribution >= 0.6 is 11.6 Å². The summed E-state index contributed by atoms with van der Waals surface area (Å²) < 4.78 is 5.87. The number of hydrogen-bond donors (Lipinski definition) is 1. The van der Waals surface area contributed by atoms with Gasteiger partial charge in [0.1, 0.15) is 12.4 Å². The zero-order valence-electron chi connectivity index (χ0n) is 18.3. The maximum Gasteiger partial charge on any atom is 0.303 e. The predicted octanol–water partition coefficient (Wildman–Crippen LogP) is 4.99. The minimum absolute atomic E-state index is 0.290. The molecule has 5 rings (SSSR count). The quantitative estimate of drug-likeness (QED) is 0.532. The Kier molecular flexibility index (Phi) is 6.29. The van der Waals surface area contributed by atoms with E-state index in [4.69, 9.17) is 26.4 Å². The fourth-order valence-electron chi connectivity index (χ4n) is 4.69. The van der Waals surface area contributed by atoms with Crippen LogP contribution in [0.15, 0.2) is 54.7 Å². The van der Waals surface area contributed by atoms with Crippen molar-refractivity contribution in [1.29, 1.82) is 0 Å². The minimum atomic E-state index is -0.691. The molecule has 7 heteroatoms. The van der Waals surface area contributed by atoms with E-state index in [2.05, 4.69) is 9.88 Å². The molecule has 0 bridgehead atoms. The van der Waals surface area contributed by atoms with Gasteiger partial charge in [-0.05, 0) is 60.7 Å². The molecule has 1 aliphatic heterocycles. The number of hydrogen-bond acceptors (Lipinski definition) is 5. The van der Waals surface area contributed by atoms with Gasteiger partial charge < -0.3 is 9.84 Å². The van der Waals surface area contributed by atoms with Gasteiger partial charge in [0.25, 0.3) is 0 Å². The largest absolute Gasteiger partial charge is 0.489 e. The first kappa shape index (κ1) is 21.9. The lowest BCUT2D eigenvalue weighted by Gasteiger charge is -2.44. The van der Waals surface area contributed by atoms with E-state index in [0.29, 0.717) is 23.6 Å². The molecule has 2 aliphatic rings. The van der Waals surface area contributed by atoms with Gasteiger partial charge in [0, 0.05) is 54.3 Å². The van der Waals surface area contributed by atoms with Crippen molar-refractivity contribution in [2.24, 2.45) is 5.92 Å². The van der Waals surface area contributed by atoms with E-state index in [1.54, 1.807) is 0 Å². The van der Waals surface area contributed by atoms with Crippen LogP contribution in [0.4, 0.5) is 0 Å². The van der Waals surface area contributed by atoms with Crippen molar-refractivity contribution < 1.29 is 14.6 Å². The van der Waals surface area contributed by atoms with Crippen LogP contribution in [0.5, 0.6) is 5.75 Å². The molecule has 33 heavy (non-hydrogen) atoms. The van der Waals surface area contributed by atoms with Gasteiger partial charge in [0.15, 0.2) is 5.82 Å². The van der Waals surface area contributed by atoms with Gasteiger partial charge in [-0.15, -0.1) is 0 Å². The molecule has 0 spiro atoms. The normalized spacial score (nSPS) is 20.0. The summed E-state index contributed by atoms with van der Waals surface area (Å²) in [5.74, 6) is 1.15. The number of halogens is 1. The molecule has 6 nitrogen and oxygen atoms in total. The molecule has 0 saturated heterocycles. The Morgan fingerprint density at radius 1 is 1.18 bits per heavy atom. The van der Waals surface area contributed by atoms with Crippen molar-refractivity contribution in [3.63, 3.8) is 0 Å². The number of carbonyl (C=O) groups is 1. The summed E-state index contributed by atoms with van der Waals surface area (Å²) in [5.41, 5.74) is 4.27. The Labute approximate surface area is 198 Å². The number of rotatable bonds is 7. The van der Waals surface area contributed by atoms with Crippen molar-refractivity contribution in [3.05, 3.63) is 76.6 Å². The second-order valence-electron chi connectivity index (χ2n) is 8.92. The molecular formula is C26H26ClN3O3. The molecule has 3 aromatic rings. The van der Waals surface area contributed by atoms with Gasteiger partial charge >= 0.3 is 5.97 Å². The highest BCUT2D eigenvalue weighted by atomic mass is 35.5. The van der Waals surface area contributed by atoms with E-state index in [0.717, 1.165) is 60.7 Å². The molecular weight excluding hydrogens is 438 g/mol. The second kappa shape index (κ2) is 9.49. The summed E-state index contributed by atoms with van der Waals surface area (Å²) >= 11 is 6.03. The molecule has 1 saturated carbocycles. The van der Waals surface area contributed by atoms with Crippen molar-refractivity contribution in [3.8, 4) is 17.1 Å². The van der Waals surface area contributed by atoms with Gasteiger partial charge in [0.2, 0.25) is 0 Å². The number of aliphatic carboxylic acids is 1. The lowest BCUT2D eigenvalue weighted by Crippen LogP contribution is -2.47. The first-order chi connectivity index (χ1) is 16.0. The van der Waals surface area contributed by atoms with Gasteiger partial charge in [-0.1, -0.05) is 23.7 Å². The molecule has 0 radical (unpaired) electrons. The van der Waals surface area contributed by atoms with Crippen LogP contribution in [-0.2, 0) is 24.4 Å². The zero-order valence-corrected chi connectivity index (χ0v) is 19.0. The Balaban J connectivity index is 1.19. The van der Waals surface area contributed by atoms with Crippen LogP contribution in [0, 0.1) is 5.92 Å². The Hall–Kier alpha value is -2.96. The summed E-state index contributed by atoms with van der Waals surface area (Å²) in [6, 6.07) is 16.0. The summed E-state index contributed by atoms with van der Waals surface area (Å²) in [6.07, 6.45) is 5.09. The lowest BCUT2D eigenvalue weighted by atomic mass is 9.77. The summed E-state index contributed by atoms with van der Waals surface area (Å²) in [6.45, 7) is 2.27. The Morgan fingerprint density at radius 2 is 2.00 bits per heavy atom. The van der Waals surface area contributed by atoms with Crippen LogP contribution in [0.3, 0.4) is 0 Å². The maximum atomic E-state index is 10.9. The van der Waals surface area contributed by atoms with Crippen LogP contribution in [0.2, 0.25) is 5.02 Å². The number of aromatic nitrogens is 2. The van der Waals surface area contributed by atoms with Gasteiger partial charge in [0.05, 0.1) is 5.69 Å². The summed E-state index contributed by atoms with van der Waals surface area (Å²) in [7, 11) is 0. The highest BCUT2D eigenvalue weighted by molar-refractivity contribution is 6.30. The highest BCUT2D eigenvalue weighted by Crippen LogP contribution is 2.36. The molecule has 170 valence electrons. The van der Waals surface area contributed by atoms with E-state index >= 15 is 0 Å². The number of benzene rings is 2. The highest BCUT2D eigenvalue weighted by Gasteiger charge is 2.36. The van der Waals surface area contributed by atoms with Crippen molar-refractivity contribution in [2.45, 2.75) is 44.9 Å². The van der Waals surface area contributed by atoms with E-state index in [1.807, 2.05) is 54.7 Å². The average molecular weight is 464 g/mol. The average Bonchev–Trinajstić information content (AvgIpc) is 2.79. The van der Waals surface area contributed by atoms with Gasteiger partial charge in [-0.3, -0.25) is 9.69 Å². The number of carboxylic acid groups (broad SMARTS) is 1. The Morgan fingerprint density at radius 3 is 2.76 bits per heavy atom. The first-order valence-corrected chi connectivity index (χ1v) is 11.7. The number of nitrogens with zero attached hydrogens (tertiary/aromatic N) is 3. The second-order valence-corrected chi connectivity index (χ2v) is 9.35. The van der Waals surface area contributed by atoms with Crippen LogP contribution in [-0.4, -0.2) is 38.5 Å². The van der Waals surface area contributed by atoms with Crippen molar-refractivity contribution in [2.75, 3.05) is 6.54 Å². The minimum Gasteiger partial charge on any atom is -0.489 e. The molecule has 0 atom stereocenters. The molecule has 0 amide bonds. The summed E-state index contributed by atoms with van der Waals surface area (Å²) in [5, 5.41) is 9.66.